The fourth-order valence-electron chi connectivity index (χ4n) is 0.806. The summed E-state index contributed by atoms with van der Waals surface area (Å²) in [7, 11) is 0. The Hall–Kier alpha value is -0.854. The van der Waals surface area contributed by atoms with Crippen LogP contribution in [0.2, 0.25) is 4.35 Å². The summed E-state index contributed by atoms with van der Waals surface area (Å²) < 4.78 is -0.434. The maximum absolute atomic E-state index is 10.3. The second-order valence-electron chi connectivity index (χ2n) is 2.21. The average molecular weight is 194 g/mol. The zero-order valence-corrected chi connectivity index (χ0v) is 7.00. The Kier molecular flexibility index (Phi) is 2.27. The number of hydrogen-bond donors (Lipinski definition) is 0. The van der Waals surface area contributed by atoms with Crippen LogP contribution in [0, 0.1) is 0 Å². The van der Waals surface area contributed by atoms with Gasteiger partial charge in [-0.1, -0.05) is 0 Å². The van der Waals surface area contributed by atoms with Crippen molar-refractivity contribution in [1.82, 2.24) is 0 Å². The molecule has 0 saturated carbocycles. The SMILES string of the molecule is C[C]1([Co](=[C]=O)=[C]=O)C=CC=C1. The monoisotopic (exact) mass is 194 g/mol. The van der Waals surface area contributed by atoms with Crippen LogP contribution in [-0.4, -0.2) is 9.65 Å². The molecule has 0 heterocycles. The Morgan fingerprint density at radius 1 is 1.18 bits per heavy atom. The van der Waals surface area contributed by atoms with Crippen molar-refractivity contribution in [2.45, 2.75) is 11.3 Å². The Bertz CT molecular complexity index is 318. The van der Waals surface area contributed by atoms with Gasteiger partial charge in [0, 0.05) is 0 Å². The van der Waals surface area contributed by atoms with E-state index in [0.29, 0.717) is 0 Å². The molecule has 2 nitrogen and oxygen atoms in total. The molecule has 0 bridgehead atoms. The third-order valence-electron chi connectivity index (χ3n) is 1.44. The molecule has 0 N–H and O–H groups in total. The first kappa shape index (κ1) is 8.25. The van der Waals surface area contributed by atoms with Gasteiger partial charge in [-0.15, -0.1) is 0 Å². The molecule has 3 heteroatoms. The fourth-order valence-corrected chi connectivity index (χ4v) is 1.85. The molecule has 0 unspecified atom stereocenters. The minimum atomic E-state index is -1.40. The zero-order chi connectivity index (χ0) is 8.32. The van der Waals surface area contributed by atoms with E-state index in [1.807, 2.05) is 31.2 Å². The molecule has 0 amide bonds. The molecule has 0 aromatic rings. The molecule has 1 aliphatic carbocycles. The van der Waals surface area contributed by atoms with Crippen LogP contribution in [0.5, 0.6) is 0 Å². The maximum atomic E-state index is 10.3. The Balaban J connectivity index is 3.30. The van der Waals surface area contributed by atoms with Crippen LogP contribution in [-0.2, 0) is 22.4 Å². The van der Waals surface area contributed by atoms with Crippen molar-refractivity contribution >= 4 is 9.65 Å². The van der Waals surface area contributed by atoms with E-state index in [4.69, 9.17) is 0 Å². The van der Waals surface area contributed by atoms with Gasteiger partial charge in [0.25, 0.3) is 0 Å². The van der Waals surface area contributed by atoms with E-state index in [9.17, 15) is 9.59 Å². The van der Waals surface area contributed by atoms with Crippen LogP contribution in [0.1, 0.15) is 6.92 Å². The summed E-state index contributed by atoms with van der Waals surface area (Å²) in [6.07, 6.45) is 7.30. The van der Waals surface area contributed by atoms with Crippen molar-refractivity contribution in [2.75, 3.05) is 0 Å². The van der Waals surface area contributed by atoms with Gasteiger partial charge in [-0.2, -0.15) is 0 Å². The summed E-state index contributed by atoms with van der Waals surface area (Å²) in [4.78, 5) is 24.0. The summed E-state index contributed by atoms with van der Waals surface area (Å²) in [5.41, 5.74) is 0. The van der Waals surface area contributed by atoms with Gasteiger partial charge in [-0.25, -0.2) is 0 Å². The molecule has 11 heavy (non-hydrogen) atoms. The van der Waals surface area contributed by atoms with Crippen LogP contribution in [0.3, 0.4) is 0 Å². The molecule has 0 aliphatic heterocycles. The molecule has 0 saturated heterocycles. The zero-order valence-electron chi connectivity index (χ0n) is 5.96. The van der Waals surface area contributed by atoms with Gasteiger partial charge in [0.1, 0.15) is 0 Å². The molecule has 1 aliphatic rings. The molecular weight excluding hydrogens is 187 g/mol. The van der Waals surface area contributed by atoms with Crippen molar-refractivity contribution in [3.05, 3.63) is 24.3 Å². The third-order valence-corrected chi connectivity index (χ3v) is 3.33. The van der Waals surface area contributed by atoms with Crippen LogP contribution < -0.4 is 0 Å². The Labute approximate surface area is 68.1 Å². The quantitative estimate of drug-likeness (QED) is 0.625. The third kappa shape index (κ3) is 1.42. The Morgan fingerprint density at radius 2 is 1.64 bits per heavy atom. The molecule has 0 atom stereocenters. The molecule has 0 fully saturated rings. The molecule has 60 valence electrons. The molecule has 0 aromatic heterocycles. The molecule has 0 spiro atoms. The van der Waals surface area contributed by atoms with Crippen LogP contribution in [0.25, 0.3) is 0 Å². The van der Waals surface area contributed by atoms with Gasteiger partial charge in [-0.05, 0) is 0 Å². The second-order valence-corrected chi connectivity index (χ2v) is 4.53. The standard InChI is InChI=1S/C6H7.2CO.Co/c1-6-4-2-3-5-6;2*1-2;/h2-5H,1H3;;;. The van der Waals surface area contributed by atoms with Crippen LogP contribution >= 0.6 is 0 Å². The van der Waals surface area contributed by atoms with Crippen molar-refractivity contribution < 1.29 is 22.4 Å². The van der Waals surface area contributed by atoms with Gasteiger partial charge in [0.15, 0.2) is 0 Å². The van der Waals surface area contributed by atoms with E-state index in [0.717, 1.165) is 0 Å². The first-order chi connectivity index (χ1) is 5.23. The van der Waals surface area contributed by atoms with Crippen molar-refractivity contribution in [3.63, 3.8) is 0 Å². The van der Waals surface area contributed by atoms with E-state index in [-0.39, 0.29) is 0 Å². The van der Waals surface area contributed by atoms with E-state index < -0.39 is 17.1 Å². The molecule has 1 rings (SSSR count). The molecule has 0 aromatic carbocycles. The first-order valence-electron chi connectivity index (χ1n) is 2.99. The van der Waals surface area contributed by atoms with Gasteiger partial charge < -0.3 is 0 Å². The summed E-state index contributed by atoms with van der Waals surface area (Å²) in [6.45, 7) is 1.83. The van der Waals surface area contributed by atoms with E-state index in [2.05, 4.69) is 0 Å². The van der Waals surface area contributed by atoms with Gasteiger partial charge in [-0.3, -0.25) is 0 Å². The molecular formula is C8H7CoO2. The van der Waals surface area contributed by atoms with Crippen LogP contribution in [0.15, 0.2) is 24.3 Å². The van der Waals surface area contributed by atoms with Gasteiger partial charge in [0.2, 0.25) is 0 Å². The second kappa shape index (κ2) is 3.03. The topological polar surface area (TPSA) is 34.1 Å². The normalized spacial score (nSPS) is 19.2. The predicted octanol–water partition coefficient (Wildman–Crippen LogP) is 1.04. The van der Waals surface area contributed by atoms with E-state index >= 15 is 0 Å². The number of hydrogen-bond acceptors (Lipinski definition) is 2. The summed E-state index contributed by atoms with van der Waals surface area (Å²) in [5.74, 6) is 0. The predicted molar refractivity (Wildman–Crippen MR) is 38.0 cm³/mol. The van der Waals surface area contributed by atoms with Crippen molar-refractivity contribution in [2.24, 2.45) is 0 Å². The number of rotatable bonds is 1. The summed E-state index contributed by atoms with van der Waals surface area (Å²) >= 11 is -1.40. The van der Waals surface area contributed by atoms with Crippen molar-refractivity contribution in [1.29, 1.82) is 0 Å². The summed E-state index contributed by atoms with van der Waals surface area (Å²) in [6, 6.07) is 0. The minimum absolute atomic E-state index is 0.434. The number of allylic oxidation sites excluding steroid dienone is 4. The summed E-state index contributed by atoms with van der Waals surface area (Å²) in [5, 5.41) is 0. The average Bonchev–Trinajstić information content (AvgIpc) is 2.39. The first-order valence-corrected chi connectivity index (χ1v) is 4.55. The Morgan fingerprint density at radius 3 is 2.00 bits per heavy atom. The molecule has 0 radical (unpaired) electrons. The number of carbonyl (C=O) groups excluding carboxylic acids is 2. The van der Waals surface area contributed by atoms with Gasteiger partial charge >= 0.3 is 67.6 Å². The van der Waals surface area contributed by atoms with Gasteiger partial charge in [0.05, 0.1) is 0 Å². The van der Waals surface area contributed by atoms with Crippen LogP contribution in [0.4, 0.5) is 0 Å². The van der Waals surface area contributed by atoms with E-state index in [1.54, 1.807) is 9.65 Å². The van der Waals surface area contributed by atoms with E-state index in [1.165, 1.54) is 0 Å². The van der Waals surface area contributed by atoms with Crippen molar-refractivity contribution in [3.8, 4) is 0 Å². The fraction of sp³-hybridized carbons (Fsp3) is 0.250.